The zero-order valence-electron chi connectivity index (χ0n) is 2.72. The third-order valence-corrected chi connectivity index (χ3v) is 0. The summed E-state index contributed by atoms with van der Waals surface area (Å²) in [6.45, 7) is 0. The molecular weight excluding hydrogens is 72.0 g/mol. The molecule has 0 rings (SSSR count). The lowest BCUT2D eigenvalue weighted by Crippen LogP contribution is -2.03. The van der Waals surface area contributed by atoms with Gasteiger partial charge in [0.15, 0.2) is 0 Å². The van der Waals surface area contributed by atoms with Crippen LogP contribution in [0.5, 0.6) is 0 Å². The number of nitrogens with two attached hydrogens (primary N) is 4. The molecular formula is H8N4O. The largest absolute Gasteiger partial charge is 0.274 e. The minimum Gasteiger partial charge on any atom is -0.274 e. The monoisotopic (exact) mass is 80.1 g/mol. The highest BCUT2D eigenvalue weighted by Gasteiger charge is 1.21. The second-order valence-corrected chi connectivity index (χ2v) is 0.136. The van der Waals surface area contributed by atoms with Crippen LogP contribution >= 0.6 is 0 Å². The first kappa shape index (κ1) is 8.84. The van der Waals surface area contributed by atoms with Crippen molar-refractivity contribution in [2.45, 2.75) is 0 Å². The Morgan fingerprint density at radius 1 is 1.00 bits per heavy atom. The van der Waals surface area contributed by atoms with E-state index in [0.717, 1.165) is 0 Å². The molecule has 0 fully saturated rings. The zero-order chi connectivity index (χ0) is 4.71. The van der Waals surface area contributed by atoms with Gasteiger partial charge in [-0.15, -0.1) is 0 Å². The molecule has 0 radical (unpaired) electrons. The number of rotatable bonds is 0. The van der Waals surface area contributed by atoms with E-state index >= 15 is 0 Å². The second-order valence-electron chi connectivity index (χ2n) is 0.136. The summed E-state index contributed by atoms with van der Waals surface area (Å²) in [5, 5.41) is 0. The molecule has 5 heavy (non-hydrogen) atoms. The van der Waals surface area contributed by atoms with Gasteiger partial charge in [0.25, 0.3) is 0 Å². The van der Waals surface area contributed by atoms with E-state index in [2.05, 4.69) is 28.4 Å². The van der Waals surface area contributed by atoms with Gasteiger partial charge in [-0.1, -0.05) is 0 Å². The van der Waals surface area contributed by atoms with Crippen LogP contribution in [0.3, 0.4) is 0 Å². The fraction of sp³-hybridized carbons (Fsp3) is 0. The van der Waals surface area contributed by atoms with Gasteiger partial charge in [0.05, 0.1) is 0 Å². The van der Waals surface area contributed by atoms with E-state index in [1.54, 1.807) is 0 Å². The third kappa shape index (κ3) is 308. The van der Waals surface area contributed by atoms with Gasteiger partial charge in [-0.3, -0.25) is 11.7 Å². The molecule has 0 atom stereocenters. The molecule has 0 bridgehead atoms. The van der Waals surface area contributed by atoms with E-state index < -0.39 is 0 Å². The van der Waals surface area contributed by atoms with Crippen LogP contribution < -0.4 is 23.5 Å². The number of hydrogen-bond acceptors (Lipinski definition) is 5. The van der Waals surface area contributed by atoms with Crippen molar-refractivity contribution in [2.24, 2.45) is 23.5 Å². The van der Waals surface area contributed by atoms with Crippen LogP contribution in [0.1, 0.15) is 0 Å². The minimum absolute atomic E-state index is 3.25. The van der Waals surface area contributed by atoms with E-state index in [1.807, 2.05) is 0 Å². The fourth-order valence-corrected chi connectivity index (χ4v) is 0. The van der Waals surface area contributed by atoms with Gasteiger partial charge in [-0.2, -0.15) is 11.8 Å². The summed E-state index contributed by atoms with van der Waals surface area (Å²) < 4.78 is 0. The molecule has 5 heteroatoms. The quantitative estimate of drug-likeness (QED) is 0.191. The van der Waals surface area contributed by atoms with Gasteiger partial charge in [0, 0.05) is 0 Å². The van der Waals surface area contributed by atoms with Crippen LogP contribution in [0.4, 0.5) is 0 Å². The number of hydrazine groups is 1. The SMILES string of the molecule is NN.NON. The lowest BCUT2D eigenvalue weighted by Gasteiger charge is -1.62. The molecule has 5 nitrogen and oxygen atoms in total. The summed E-state index contributed by atoms with van der Waals surface area (Å²) in [5.74, 6) is 16.2. The summed E-state index contributed by atoms with van der Waals surface area (Å²) in [6.07, 6.45) is 0. The Morgan fingerprint density at radius 3 is 1.00 bits per heavy atom. The van der Waals surface area contributed by atoms with Crippen molar-refractivity contribution in [3.05, 3.63) is 0 Å². The van der Waals surface area contributed by atoms with Crippen LogP contribution in [0, 0.1) is 0 Å². The molecule has 34 valence electrons. The maximum absolute atomic E-state index is 4.12. The molecule has 0 aromatic rings. The normalized spacial score (nSPS) is 4.80. The molecule has 0 aromatic carbocycles. The van der Waals surface area contributed by atoms with Gasteiger partial charge in [-0.05, 0) is 0 Å². The van der Waals surface area contributed by atoms with Crippen LogP contribution in [0.15, 0.2) is 0 Å². The summed E-state index contributed by atoms with van der Waals surface area (Å²) in [4.78, 5) is 3.25. The lowest BCUT2D eigenvalue weighted by molar-refractivity contribution is 0.142. The second kappa shape index (κ2) is 46.5. The first-order valence-electron chi connectivity index (χ1n) is 0.805. The van der Waals surface area contributed by atoms with Crippen molar-refractivity contribution in [1.82, 2.24) is 0 Å². The summed E-state index contributed by atoms with van der Waals surface area (Å²) in [7, 11) is 0. The maximum atomic E-state index is 4.12. The Kier molecular flexibility index (Phi) is 82.3. The molecule has 0 saturated carbocycles. The first-order chi connectivity index (χ1) is 2.41. The molecule has 0 aliphatic carbocycles. The highest BCUT2D eigenvalue weighted by Crippen LogP contribution is 0.949. The van der Waals surface area contributed by atoms with E-state index in [0.29, 0.717) is 0 Å². The molecule has 8 N–H and O–H groups in total. The average Bonchev–Trinajstić information content (AvgIpc) is 1.46. The highest BCUT2D eigenvalue weighted by molar-refractivity contribution is 3.26. The molecule has 0 amide bonds. The Morgan fingerprint density at radius 2 is 1.00 bits per heavy atom. The molecule has 0 aliphatic rings. The van der Waals surface area contributed by atoms with Gasteiger partial charge in [0.2, 0.25) is 0 Å². The van der Waals surface area contributed by atoms with Gasteiger partial charge >= 0.3 is 0 Å². The fourth-order valence-electron chi connectivity index (χ4n) is 0. The van der Waals surface area contributed by atoms with Crippen molar-refractivity contribution >= 4 is 0 Å². The van der Waals surface area contributed by atoms with Crippen molar-refractivity contribution < 1.29 is 4.94 Å². The first-order valence-corrected chi connectivity index (χ1v) is 0.805. The standard InChI is InChI=1S/H4N2O.H4N2/c1-3-2;1-2/h1-2H2;1-2H2. The molecule has 0 unspecified atom stereocenters. The van der Waals surface area contributed by atoms with Crippen molar-refractivity contribution in [3.63, 3.8) is 0 Å². The highest BCUT2D eigenvalue weighted by atomic mass is 16.7. The van der Waals surface area contributed by atoms with Gasteiger partial charge < -0.3 is 0 Å². The van der Waals surface area contributed by atoms with Crippen LogP contribution in [0.25, 0.3) is 0 Å². The van der Waals surface area contributed by atoms with E-state index in [9.17, 15) is 0 Å². The van der Waals surface area contributed by atoms with E-state index in [4.69, 9.17) is 0 Å². The Hall–Kier alpha value is -0.200. The predicted molar refractivity (Wildman–Crippen MR) is 17.8 cm³/mol. The molecule has 0 spiro atoms. The van der Waals surface area contributed by atoms with Crippen LogP contribution in [0.2, 0.25) is 0 Å². The molecule has 0 heterocycles. The Bertz CT molecular complexity index is 3.61. The minimum atomic E-state index is 3.25. The van der Waals surface area contributed by atoms with Crippen molar-refractivity contribution in [2.75, 3.05) is 0 Å². The third-order valence-electron chi connectivity index (χ3n) is 0. The van der Waals surface area contributed by atoms with Crippen LogP contribution in [-0.4, -0.2) is 0 Å². The van der Waals surface area contributed by atoms with Gasteiger partial charge in [0.1, 0.15) is 0 Å². The Balaban J connectivity index is 0. The molecule has 0 saturated heterocycles. The molecule has 0 aromatic heterocycles. The molecule has 0 aliphatic heterocycles. The van der Waals surface area contributed by atoms with Gasteiger partial charge in [-0.25, -0.2) is 4.94 Å². The smallest absolute Gasteiger partial charge is 0.196 e. The summed E-state index contributed by atoms with van der Waals surface area (Å²) in [6, 6.07) is 0. The van der Waals surface area contributed by atoms with E-state index in [-0.39, 0.29) is 0 Å². The topological polar surface area (TPSA) is 113 Å². The summed E-state index contributed by atoms with van der Waals surface area (Å²) >= 11 is 0. The van der Waals surface area contributed by atoms with E-state index in [1.165, 1.54) is 0 Å². The average molecular weight is 80.1 g/mol. The maximum Gasteiger partial charge on any atom is -0.196 e. The Labute approximate surface area is 29.7 Å². The van der Waals surface area contributed by atoms with Crippen LogP contribution in [-0.2, 0) is 4.94 Å². The van der Waals surface area contributed by atoms with Crippen molar-refractivity contribution in [3.8, 4) is 0 Å². The number of hydrogen-bond donors (Lipinski definition) is 4. The van der Waals surface area contributed by atoms with Crippen molar-refractivity contribution in [1.29, 1.82) is 0 Å². The summed E-state index contributed by atoms with van der Waals surface area (Å²) in [5.41, 5.74) is 0. The predicted octanol–water partition coefficient (Wildman–Crippen LogP) is -2.43. The lowest BCUT2D eigenvalue weighted by atomic mass is 13.0. The zero-order valence-corrected chi connectivity index (χ0v) is 2.72.